The van der Waals surface area contributed by atoms with E-state index in [4.69, 9.17) is 0 Å². The summed E-state index contributed by atoms with van der Waals surface area (Å²) in [5.74, 6) is 2.38. The van der Waals surface area contributed by atoms with Crippen LogP contribution in [0, 0.1) is 10.5 Å². The largest absolute Gasteiger partial charge is 0.369 e. The fourth-order valence-corrected chi connectivity index (χ4v) is 1.78. The number of anilines is 1. The summed E-state index contributed by atoms with van der Waals surface area (Å²) in [6.07, 6.45) is 2.19. The minimum atomic E-state index is 0.429. The Balaban J connectivity index is 3.01. The number of hydrogen-bond acceptors (Lipinski definition) is 3. The van der Waals surface area contributed by atoms with Gasteiger partial charge in [0.1, 0.15) is 11.6 Å². The summed E-state index contributed by atoms with van der Waals surface area (Å²) in [6, 6.07) is 0. The van der Waals surface area contributed by atoms with Crippen molar-refractivity contribution < 1.29 is 0 Å². The summed E-state index contributed by atoms with van der Waals surface area (Å²) in [6.45, 7) is 9.51. The monoisotopic (exact) mass is 333 g/mol. The molecule has 1 heterocycles. The van der Waals surface area contributed by atoms with E-state index < -0.39 is 0 Å². The van der Waals surface area contributed by atoms with Crippen LogP contribution in [0.25, 0.3) is 0 Å². The van der Waals surface area contributed by atoms with Crippen LogP contribution in [0.4, 0.5) is 5.82 Å². The van der Waals surface area contributed by atoms with Crippen LogP contribution in [0.2, 0.25) is 0 Å². The number of aryl methyl sites for hydroxylation is 1. The summed E-state index contributed by atoms with van der Waals surface area (Å²) >= 11 is 2.31. The highest BCUT2D eigenvalue weighted by molar-refractivity contribution is 14.1. The van der Waals surface area contributed by atoms with Crippen molar-refractivity contribution in [2.75, 3.05) is 11.9 Å². The lowest BCUT2D eigenvalue weighted by atomic mass is 10.1. The van der Waals surface area contributed by atoms with Crippen molar-refractivity contribution >= 4 is 28.4 Å². The Bertz CT molecular complexity index is 352. The predicted molar refractivity (Wildman–Crippen MR) is 77.0 cm³/mol. The fourth-order valence-electron chi connectivity index (χ4n) is 1.34. The Kier molecular flexibility index (Phi) is 5.44. The highest BCUT2D eigenvalue weighted by Gasteiger charge is 2.12. The van der Waals surface area contributed by atoms with Gasteiger partial charge in [-0.25, -0.2) is 9.97 Å². The molecule has 1 aromatic heterocycles. The van der Waals surface area contributed by atoms with Crippen molar-refractivity contribution in [3.8, 4) is 0 Å². The van der Waals surface area contributed by atoms with Crippen LogP contribution in [0.15, 0.2) is 0 Å². The molecule has 0 saturated carbocycles. The van der Waals surface area contributed by atoms with Crippen LogP contribution in [-0.4, -0.2) is 16.5 Å². The van der Waals surface area contributed by atoms with Gasteiger partial charge in [-0.15, -0.1) is 0 Å². The number of aromatic nitrogens is 2. The molecule has 16 heavy (non-hydrogen) atoms. The molecule has 0 bridgehead atoms. The van der Waals surface area contributed by atoms with E-state index in [-0.39, 0.29) is 0 Å². The van der Waals surface area contributed by atoms with Crippen molar-refractivity contribution in [1.82, 2.24) is 9.97 Å². The van der Waals surface area contributed by atoms with Crippen LogP contribution in [0.5, 0.6) is 0 Å². The minimum absolute atomic E-state index is 0.429. The highest BCUT2D eigenvalue weighted by Crippen LogP contribution is 2.22. The third kappa shape index (κ3) is 3.30. The highest BCUT2D eigenvalue weighted by atomic mass is 127. The smallest absolute Gasteiger partial charge is 0.143 e. The first-order valence-corrected chi connectivity index (χ1v) is 6.95. The molecule has 3 nitrogen and oxygen atoms in total. The van der Waals surface area contributed by atoms with E-state index in [1.54, 1.807) is 0 Å². The number of hydrogen-bond donors (Lipinski definition) is 1. The van der Waals surface area contributed by atoms with Crippen LogP contribution in [0.3, 0.4) is 0 Å². The molecule has 0 aliphatic heterocycles. The van der Waals surface area contributed by atoms with Gasteiger partial charge in [-0.1, -0.05) is 20.8 Å². The molecule has 0 amide bonds. The zero-order valence-corrected chi connectivity index (χ0v) is 12.6. The number of halogens is 1. The summed E-state index contributed by atoms with van der Waals surface area (Å²) in [4.78, 5) is 9.17. The Morgan fingerprint density at radius 1 is 1.31 bits per heavy atom. The standard InChI is InChI=1S/C12H20IN3/c1-5-7-14-12-10(13)9(4)15-11(16-12)8(3)6-2/h8H,5-7H2,1-4H3,(H,14,15,16). The number of rotatable bonds is 5. The van der Waals surface area contributed by atoms with Gasteiger partial charge in [0.25, 0.3) is 0 Å². The molecule has 1 aromatic rings. The van der Waals surface area contributed by atoms with Crippen LogP contribution >= 0.6 is 22.6 Å². The van der Waals surface area contributed by atoms with Crippen LogP contribution in [-0.2, 0) is 0 Å². The van der Waals surface area contributed by atoms with E-state index in [1.165, 1.54) is 0 Å². The topological polar surface area (TPSA) is 37.8 Å². The van der Waals surface area contributed by atoms with Crippen LogP contribution < -0.4 is 5.32 Å². The molecule has 0 radical (unpaired) electrons. The van der Waals surface area contributed by atoms with Crippen LogP contribution in [0.1, 0.15) is 51.0 Å². The molecule has 1 unspecified atom stereocenters. The van der Waals surface area contributed by atoms with Crippen molar-refractivity contribution in [2.24, 2.45) is 0 Å². The molecule has 4 heteroatoms. The summed E-state index contributed by atoms with van der Waals surface area (Å²) in [5.41, 5.74) is 1.07. The molecule has 0 saturated heterocycles. The van der Waals surface area contributed by atoms with Gasteiger partial charge in [0.15, 0.2) is 0 Å². The maximum atomic E-state index is 4.61. The molecule has 0 aliphatic carbocycles. The molecule has 1 rings (SSSR count). The molecule has 1 atom stereocenters. The molecule has 0 fully saturated rings. The van der Waals surface area contributed by atoms with Crippen molar-refractivity contribution in [3.05, 3.63) is 15.1 Å². The lowest BCUT2D eigenvalue weighted by Gasteiger charge is -2.13. The lowest BCUT2D eigenvalue weighted by Crippen LogP contribution is -2.10. The molecule has 0 aromatic carbocycles. The normalized spacial score (nSPS) is 12.6. The molecular weight excluding hydrogens is 313 g/mol. The third-order valence-corrected chi connectivity index (χ3v) is 3.92. The minimum Gasteiger partial charge on any atom is -0.369 e. The van der Waals surface area contributed by atoms with Gasteiger partial charge in [-0.2, -0.15) is 0 Å². The average molecular weight is 333 g/mol. The molecule has 0 aliphatic rings. The number of nitrogens with one attached hydrogen (secondary N) is 1. The average Bonchev–Trinajstić information content (AvgIpc) is 2.29. The first-order valence-electron chi connectivity index (χ1n) is 5.88. The van der Waals surface area contributed by atoms with E-state index in [0.717, 1.165) is 40.3 Å². The summed E-state index contributed by atoms with van der Waals surface area (Å²) < 4.78 is 1.14. The lowest BCUT2D eigenvalue weighted by molar-refractivity contribution is 0.673. The van der Waals surface area contributed by atoms with Crippen molar-refractivity contribution in [2.45, 2.75) is 46.5 Å². The van der Waals surface area contributed by atoms with E-state index in [2.05, 4.69) is 58.6 Å². The van der Waals surface area contributed by atoms with Gasteiger partial charge in [-0.05, 0) is 42.4 Å². The van der Waals surface area contributed by atoms with E-state index in [9.17, 15) is 0 Å². The van der Waals surface area contributed by atoms with Gasteiger partial charge in [0.2, 0.25) is 0 Å². The molecular formula is C12H20IN3. The molecule has 90 valence electrons. The predicted octanol–water partition coefficient (Wildman–Crippen LogP) is 3.73. The molecule has 0 spiro atoms. The van der Waals surface area contributed by atoms with Gasteiger partial charge in [-0.3, -0.25) is 0 Å². The van der Waals surface area contributed by atoms with Gasteiger partial charge < -0.3 is 5.32 Å². The van der Waals surface area contributed by atoms with Gasteiger partial charge >= 0.3 is 0 Å². The number of nitrogens with zero attached hydrogens (tertiary/aromatic N) is 2. The van der Waals surface area contributed by atoms with Gasteiger partial charge in [0.05, 0.1) is 9.26 Å². The quantitative estimate of drug-likeness (QED) is 0.835. The second-order valence-electron chi connectivity index (χ2n) is 4.07. The first kappa shape index (κ1) is 13.7. The van der Waals surface area contributed by atoms with E-state index in [1.807, 2.05) is 6.92 Å². The Labute approximate surface area is 112 Å². The first-order chi connectivity index (χ1) is 7.60. The summed E-state index contributed by atoms with van der Waals surface area (Å²) in [7, 11) is 0. The van der Waals surface area contributed by atoms with Crippen molar-refractivity contribution in [3.63, 3.8) is 0 Å². The zero-order valence-electron chi connectivity index (χ0n) is 10.5. The van der Waals surface area contributed by atoms with E-state index >= 15 is 0 Å². The third-order valence-electron chi connectivity index (χ3n) is 2.63. The fraction of sp³-hybridized carbons (Fsp3) is 0.667. The Hall–Kier alpha value is -0.390. The SMILES string of the molecule is CCCNc1nc(C(C)CC)nc(C)c1I. The molecule has 1 N–H and O–H groups in total. The maximum absolute atomic E-state index is 4.61. The second-order valence-corrected chi connectivity index (χ2v) is 5.14. The van der Waals surface area contributed by atoms with Gasteiger partial charge in [0, 0.05) is 12.5 Å². The maximum Gasteiger partial charge on any atom is 0.143 e. The summed E-state index contributed by atoms with van der Waals surface area (Å²) in [5, 5.41) is 3.36. The second kappa shape index (κ2) is 6.37. The zero-order chi connectivity index (χ0) is 12.1. The van der Waals surface area contributed by atoms with E-state index in [0.29, 0.717) is 5.92 Å². The Morgan fingerprint density at radius 2 is 2.00 bits per heavy atom. The Morgan fingerprint density at radius 3 is 2.56 bits per heavy atom. The van der Waals surface area contributed by atoms with Crippen molar-refractivity contribution in [1.29, 1.82) is 0 Å².